The molecule has 0 saturated carbocycles. The number of nitrogens with zero attached hydrogens (tertiary/aromatic N) is 2. The van der Waals surface area contributed by atoms with Crippen molar-refractivity contribution in [3.63, 3.8) is 0 Å². The molecule has 140 valence electrons. The van der Waals surface area contributed by atoms with Crippen LogP contribution in [0, 0.1) is 0 Å². The highest BCUT2D eigenvalue weighted by molar-refractivity contribution is 6.06. The Bertz CT molecular complexity index is 920. The Hall–Kier alpha value is -3.26. The van der Waals surface area contributed by atoms with Crippen molar-refractivity contribution in [2.24, 2.45) is 5.73 Å². The molecule has 0 bridgehead atoms. The molecular weight excluding hydrogens is 348 g/mol. The normalized spacial score (nSPS) is 17.4. The molecule has 1 aliphatic heterocycles. The van der Waals surface area contributed by atoms with Gasteiger partial charge in [0.15, 0.2) is 0 Å². The molecule has 0 spiro atoms. The van der Waals surface area contributed by atoms with Crippen LogP contribution in [0.25, 0.3) is 10.8 Å². The van der Waals surface area contributed by atoms with Gasteiger partial charge in [0, 0.05) is 24.7 Å². The molecule has 0 radical (unpaired) electrons. The van der Waals surface area contributed by atoms with Crippen molar-refractivity contribution in [2.75, 3.05) is 19.6 Å². The SMILES string of the molecule is NCC1=CCC(NC(=O)c2nccc3ccccc23)C(=O)N(CC(=O)O)C1. The Labute approximate surface area is 155 Å². The number of carbonyl (C=O) groups is 3. The van der Waals surface area contributed by atoms with Crippen molar-refractivity contribution >= 4 is 28.6 Å². The molecule has 3 rings (SSSR count). The lowest BCUT2D eigenvalue weighted by Crippen LogP contribution is -2.49. The highest BCUT2D eigenvalue weighted by atomic mass is 16.4. The summed E-state index contributed by atoms with van der Waals surface area (Å²) in [5.74, 6) is -2.06. The third-order valence-electron chi connectivity index (χ3n) is 4.43. The summed E-state index contributed by atoms with van der Waals surface area (Å²) in [6.45, 7) is -0.0927. The van der Waals surface area contributed by atoms with E-state index in [0.717, 1.165) is 11.0 Å². The number of hydrogen-bond acceptors (Lipinski definition) is 5. The van der Waals surface area contributed by atoms with E-state index in [9.17, 15) is 14.4 Å². The Kier molecular flexibility index (Phi) is 5.46. The van der Waals surface area contributed by atoms with Gasteiger partial charge in [0.1, 0.15) is 18.3 Å². The van der Waals surface area contributed by atoms with Crippen LogP contribution in [0.15, 0.2) is 48.2 Å². The number of carboxylic acid groups (broad SMARTS) is 1. The molecule has 1 aliphatic rings. The van der Waals surface area contributed by atoms with Gasteiger partial charge in [-0.1, -0.05) is 30.3 Å². The lowest BCUT2D eigenvalue weighted by Gasteiger charge is -2.24. The fourth-order valence-corrected chi connectivity index (χ4v) is 3.09. The maximum absolute atomic E-state index is 12.8. The number of amides is 2. The van der Waals surface area contributed by atoms with Crippen LogP contribution in [-0.2, 0) is 9.59 Å². The molecular formula is C19H20N4O4. The standard InChI is InChI=1S/C19H20N4O4/c20-9-12-5-6-15(19(27)23(10-12)11-16(24)25)22-18(26)17-14-4-2-1-3-13(14)7-8-21-17/h1-5,7-8,15H,6,9-11,20H2,(H,22,26)(H,24,25). The molecule has 2 amide bonds. The van der Waals surface area contributed by atoms with Gasteiger partial charge >= 0.3 is 5.97 Å². The zero-order chi connectivity index (χ0) is 19.4. The molecule has 0 aliphatic carbocycles. The van der Waals surface area contributed by atoms with Crippen molar-refractivity contribution in [3.05, 3.63) is 53.9 Å². The highest BCUT2D eigenvalue weighted by Gasteiger charge is 2.30. The van der Waals surface area contributed by atoms with E-state index in [0.29, 0.717) is 5.39 Å². The minimum Gasteiger partial charge on any atom is -0.480 e. The lowest BCUT2D eigenvalue weighted by atomic mass is 10.1. The van der Waals surface area contributed by atoms with Crippen molar-refractivity contribution in [1.82, 2.24) is 15.2 Å². The number of hydrogen-bond donors (Lipinski definition) is 3. The third kappa shape index (κ3) is 4.12. The number of aliphatic carboxylic acids is 1. The summed E-state index contributed by atoms with van der Waals surface area (Å²) in [5.41, 5.74) is 6.63. The summed E-state index contributed by atoms with van der Waals surface area (Å²) in [5, 5.41) is 13.3. The fraction of sp³-hybridized carbons (Fsp3) is 0.263. The minimum atomic E-state index is -1.12. The molecule has 1 unspecified atom stereocenters. The van der Waals surface area contributed by atoms with E-state index in [1.165, 1.54) is 11.1 Å². The number of rotatable bonds is 5. The number of fused-ring (bicyclic) bond motifs is 1. The first kappa shape index (κ1) is 18.5. The number of pyridine rings is 1. The summed E-state index contributed by atoms with van der Waals surface area (Å²) in [4.78, 5) is 41.9. The number of aromatic nitrogens is 1. The van der Waals surface area contributed by atoms with Gasteiger partial charge in [0.25, 0.3) is 5.91 Å². The van der Waals surface area contributed by atoms with Gasteiger partial charge in [0.05, 0.1) is 0 Å². The number of carboxylic acids is 1. The van der Waals surface area contributed by atoms with Gasteiger partial charge < -0.3 is 21.1 Å². The fourth-order valence-electron chi connectivity index (χ4n) is 3.09. The summed E-state index contributed by atoms with van der Waals surface area (Å²) in [7, 11) is 0. The van der Waals surface area contributed by atoms with Gasteiger partial charge in [-0.15, -0.1) is 0 Å². The second kappa shape index (κ2) is 7.96. The lowest BCUT2D eigenvalue weighted by molar-refractivity contribution is -0.144. The van der Waals surface area contributed by atoms with Crippen LogP contribution < -0.4 is 11.1 Å². The molecule has 0 saturated heterocycles. The molecule has 27 heavy (non-hydrogen) atoms. The molecule has 1 atom stereocenters. The zero-order valence-corrected chi connectivity index (χ0v) is 14.6. The van der Waals surface area contributed by atoms with Crippen LogP contribution in [0.1, 0.15) is 16.9 Å². The van der Waals surface area contributed by atoms with E-state index in [1.54, 1.807) is 18.2 Å². The minimum absolute atomic E-state index is 0.139. The Balaban J connectivity index is 1.86. The molecule has 8 heteroatoms. The van der Waals surface area contributed by atoms with E-state index in [-0.39, 0.29) is 25.2 Å². The molecule has 0 fully saturated rings. The van der Waals surface area contributed by atoms with Gasteiger partial charge in [-0.3, -0.25) is 19.4 Å². The number of nitrogens with two attached hydrogens (primary N) is 1. The monoisotopic (exact) mass is 368 g/mol. The maximum atomic E-state index is 12.8. The van der Waals surface area contributed by atoms with E-state index >= 15 is 0 Å². The molecule has 2 aromatic rings. The van der Waals surface area contributed by atoms with Crippen molar-refractivity contribution in [1.29, 1.82) is 0 Å². The number of nitrogens with one attached hydrogen (secondary N) is 1. The Morgan fingerprint density at radius 3 is 2.81 bits per heavy atom. The molecule has 8 nitrogen and oxygen atoms in total. The highest BCUT2D eigenvalue weighted by Crippen LogP contribution is 2.17. The van der Waals surface area contributed by atoms with Crippen molar-refractivity contribution in [2.45, 2.75) is 12.5 Å². The molecule has 4 N–H and O–H groups in total. The second-order valence-corrected chi connectivity index (χ2v) is 6.30. The Morgan fingerprint density at radius 1 is 1.30 bits per heavy atom. The average Bonchev–Trinajstić information content (AvgIpc) is 2.80. The van der Waals surface area contributed by atoms with E-state index in [1.807, 2.05) is 18.2 Å². The van der Waals surface area contributed by atoms with Crippen LogP contribution in [0.4, 0.5) is 0 Å². The average molecular weight is 368 g/mol. The van der Waals surface area contributed by atoms with Crippen LogP contribution in [0.2, 0.25) is 0 Å². The first-order valence-corrected chi connectivity index (χ1v) is 8.52. The number of benzene rings is 1. The molecule has 1 aromatic heterocycles. The first-order valence-electron chi connectivity index (χ1n) is 8.52. The molecule has 2 heterocycles. The second-order valence-electron chi connectivity index (χ2n) is 6.30. The smallest absolute Gasteiger partial charge is 0.323 e. The van der Waals surface area contributed by atoms with Crippen LogP contribution >= 0.6 is 0 Å². The summed E-state index contributed by atoms with van der Waals surface area (Å²) in [6, 6.07) is 8.25. The predicted octanol–water partition coefficient (Wildman–Crippen LogP) is 0.535. The van der Waals surface area contributed by atoms with Crippen molar-refractivity contribution < 1.29 is 19.5 Å². The maximum Gasteiger partial charge on any atom is 0.323 e. The van der Waals surface area contributed by atoms with E-state index in [2.05, 4.69) is 10.3 Å². The van der Waals surface area contributed by atoms with Gasteiger partial charge in [0.2, 0.25) is 5.91 Å². The zero-order valence-electron chi connectivity index (χ0n) is 14.6. The van der Waals surface area contributed by atoms with Crippen LogP contribution in [0.3, 0.4) is 0 Å². The van der Waals surface area contributed by atoms with Gasteiger partial charge in [-0.25, -0.2) is 0 Å². The predicted molar refractivity (Wildman–Crippen MR) is 99.0 cm³/mol. The van der Waals surface area contributed by atoms with E-state index < -0.39 is 30.4 Å². The van der Waals surface area contributed by atoms with Crippen LogP contribution in [-0.4, -0.2) is 58.5 Å². The summed E-state index contributed by atoms with van der Waals surface area (Å²) < 4.78 is 0. The van der Waals surface area contributed by atoms with Crippen LogP contribution in [0.5, 0.6) is 0 Å². The van der Waals surface area contributed by atoms with Gasteiger partial charge in [-0.05, 0) is 23.4 Å². The topological polar surface area (TPSA) is 126 Å². The quantitative estimate of drug-likeness (QED) is 0.661. The Morgan fingerprint density at radius 2 is 2.07 bits per heavy atom. The third-order valence-corrected chi connectivity index (χ3v) is 4.43. The molecule has 1 aromatic carbocycles. The summed E-state index contributed by atoms with van der Waals surface area (Å²) >= 11 is 0. The van der Waals surface area contributed by atoms with Crippen molar-refractivity contribution in [3.8, 4) is 0 Å². The first-order chi connectivity index (χ1) is 13.0. The number of carbonyl (C=O) groups excluding carboxylic acids is 2. The summed E-state index contributed by atoms with van der Waals surface area (Å²) in [6.07, 6.45) is 3.56. The largest absolute Gasteiger partial charge is 0.480 e. The van der Waals surface area contributed by atoms with Gasteiger partial charge in [-0.2, -0.15) is 0 Å². The van der Waals surface area contributed by atoms with E-state index in [4.69, 9.17) is 10.8 Å².